The summed E-state index contributed by atoms with van der Waals surface area (Å²) in [5, 5.41) is 9.72. The van der Waals surface area contributed by atoms with Crippen molar-refractivity contribution in [2.45, 2.75) is 13.8 Å². The minimum atomic E-state index is -0.366. The zero-order valence-corrected chi connectivity index (χ0v) is 12.1. The van der Waals surface area contributed by atoms with E-state index in [1.807, 2.05) is 6.92 Å². The summed E-state index contributed by atoms with van der Waals surface area (Å²) in [6.07, 6.45) is 0. The van der Waals surface area contributed by atoms with Crippen LogP contribution in [-0.2, 0) is 0 Å². The molecule has 3 aromatic rings. The topological polar surface area (TPSA) is 75.9 Å². The molecule has 0 saturated heterocycles. The molecule has 7 heteroatoms. The molecule has 1 aromatic carbocycles. The number of rotatable bonds is 4. The fraction of sp³-hybridized carbons (Fsp3) is 0.133. The highest BCUT2D eigenvalue weighted by Gasteiger charge is 2.07. The highest BCUT2D eigenvalue weighted by atomic mass is 19.1. The summed E-state index contributed by atoms with van der Waals surface area (Å²) in [6.45, 7) is 3.63. The molecule has 0 aliphatic carbocycles. The van der Waals surface area contributed by atoms with Crippen LogP contribution >= 0.6 is 0 Å². The molecule has 0 aliphatic rings. The van der Waals surface area contributed by atoms with Gasteiger partial charge in [-0.05, 0) is 26.0 Å². The fourth-order valence-electron chi connectivity index (χ4n) is 1.93. The lowest BCUT2D eigenvalue weighted by Crippen LogP contribution is -2.03. The average molecular weight is 299 g/mol. The summed E-state index contributed by atoms with van der Waals surface area (Å²) in [5.74, 6) is 1.71. The average Bonchev–Trinajstić information content (AvgIpc) is 2.86. The van der Waals surface area contributed by atoms with Gasteiger partial charge < -0.3 is 15.2 Å². The van der Waals surface area contributed by atoms with Gasteiger partial charge in [0.2, 0.25) is 5.95 Å². The molecule has 2 N–H and O–H groups in total. The van der Waals surface area contributed by atoms with E-state index in [0.717, 1.165) is 5.69 Å². The highest BCUT2D eigenvalue weighted by molar-refractivity contribution is 5.58. The summed E-state index contributed by atoms with van der Waals surface area (Å²) < 4.78 is 18.7. The van der Waals surface area contributed by atoms with Crippen molar-refractivity contribution in [1.82, 2.24) is 15.1 Å². The van der Waals surface area contributed by atoms with E-state index in [-0.39, 0.29) is 5.82 Å². The number of aromatic nitrogens is 3. The molecule has 3 rings (SSSR count). The van der Waals surface area contributed by atoms with Crippen LogP contribution < -0.4 is 10.6 Å². The maximum absolute atomic E-state index is 13.7. The number of nitrogens with one attached hydrogen (secondary N) is 2. The zero-order valence-electron chi connectivity index (χ0n) is 12.1. The molecule has 0 fully saturated rings. The van der Waals surface area contributed by atoms with E-state index in [1.165, 1.54) is 6.07 Å². The van der Waals surface area contributed by atoms with Crippen molar-refractivity contribution in [2.24, 2.45) is 0 Å². The van der Waals surface area contributed by atoms with Gasteiger partial charge in [-0.1, -0.05) is 17.3 Å². The van der Waals surface area contributed by atoms with Crippen LogP contribution in [-0.4, -0.2) is 15.1 Å². The van der Waals surface area contributed by atoms with Gasteiger partial charge in [-0.15, -0.1) is 0 Å². The van der Waals surface area contributed by atoms with Crippen molar-refractivity contribution in [3.8, 4) is 0 Å². The lowest BCUT2D eigenvalue weighted by Gasteiger charge is -2.09. The molecule has 0 atom stereocenters. The number of benzene rings is 1. The van der Waals surface area contributed by atoms with Crippen LogP contribution in [0.3, 0.4) is 0 Å². The summed E-state index contributed by atoms with van der Waals surface area (Å²) in [7, 11) is 0. The molecule has 6 nitrogen and oxygen atoms in total. The minimum absolute atomic E-state index is 0.299. The number of anilines is 4. The van der Waals surface area contributed by atoms with Gasteiger partial charge in [-0.2, -0.15) is 4.98 Å². The van der Waals surface area contributed by atoms with Gasteiger partial charge in [0.05, 0.1) is 5.69 Å². The van der Waals surface area contributed by atoms with Crippen molar-refractivity contribution >= 4 is 23.3 Å². The molecule has 0 saturated carbocycles. The quantitative estimate of drug-likeness (QED) is 0.765. The van der Waals surface area contributed by atoms with E-state index < -0.39 is 0 Å². The van der Waals surface area contributed by atoms with Crippen LogP contribution in [0, 0.1) is 19.7 Å². The van der Waals surface area contributed by atoms with Crippen molar-refractivity contribution in [3.05, 3.63) is 53.7 Å². The van der Waals surface area contributed by atoms with Crippen LogP contribution in [0.15, 0.2) is 40.9 Å². The van der Waals surface area contributed by atoms with Gasteiger partial charge in [0.15, 0.2) is 5.82 Å². The predicted molar refractivity (Wildman–Crippen MR) is 81.0 cm³/mol. The lowest BCUT2D eigenvalue weighted by molar-refractivity contribution is 0.400. The van der Waals surface area contributed by atoms with E-state index in [4.69, 9.17) is 4.52 Å². The lowest BCUT2D eigenvalue weighted by atomic mass is 10.3. The maximum Gasteiger partial charge on any atom is 0.229 e. The second kappa shape index (κ2) is 5.80. The summed E-state index contributed by atoms with van der Waals surface area (Å²) >= 11 is 0. The number of aryl methyl sites for hydroxylation is 2. The smallest absolute Gasteiger partial charge is 0.229 e. The largest absolute Gasteiger partial charge is 0.360 e. The van der Waals surface area contributed by atoms with Gasteiger partial charge in [0.1, 0.15) is 17.4 Å². The van der Waals surface area contributed by atoms with Crippen molar-refractivity contribution in [2.75, 3.05) is 10.6 Å². The summed E-state index contributed by atoms with van der Waals surface area (Å²) in [5.41, 5.74) is 1.05. The fourth-order valence-corrected chi connectivity index (χ4v) is 1.93. The molecule has 0 amide bonds. The molecule has 2 heterocycles. The van der Waals surface area contributed by atoms with Gasteiger partial charge in [-0.25, -0.2) is 9.37 Å². The van der Waals surface area contributed by atoms with E-state index in [2.05, 4.69) is 25.8 Å². The molecule has 0 bridgehead atoms. The van der Waals surface area contributed by atoms with E-state index >= 15 is 0 Å². The van der Waals surface area contributed by atoms with E-state index in [9.17, 15) is 4.39 Å². The molecular weight excluding hydrogens is 285 g/mol. The summed E-state index contributed by atoms with van der Waals surface area (Å²) in [6, 6.07) is 9.86. The highest BCUT2D eigenvalue weighted by Crippen LogP contribution is 2.20. The Morgan fingerprint density at radius 3 is 2.55 bits per heavy atom. The molecule has 0 unspecified atom stereocenters. The first-order valence-electron chi connectivity index (χ1n) is 6.68. The molecule has 0 spiro atoms. The Bertz CT molecular complexity index is 802. The van der Waals surface area contributed by atoms with Crippen LogP contribution in [0.5, 0.6) is 0 Å². The molecule has 0 aliphatic heterocycles. The van der Waals surface area contributed by atoms with Crippen LogP contribution in [0.2, 0.25) is 0 Å². The molecule has 2 aromatic heterocycles. The van der Waals surface area contributed by atoms with Crippen LogP contribution in [0.4, 0.5) is 27.7 Å². The number of hydrogen-bond donors (Lipinski definition) is 2. The first-order chi connectivity index (χ1) is 10.6. The third-order valence-electron chi connectivity index (χ3n) is 2.86. The Morgan fingerprint density at radius 2 is 1.82 bits per heavy atom. The monoisotopic (exact) mass is 299 g/mol. The Morgan fingerprint density at radius 1 is 1.00 bits per heavy atom. The molecule has 112 valence electrons. The van der Waals surface area contributed by atoms with Gasteiger partial charge in [0.25, 0.3) is 0 Å². The summed E-state index contributed by atoms with van der Waals surface area (Å²) in [4.78, 5) is 8.54. The van der Waals surface area contributed by atoms with Gasteiger partial charge in [0, 0.05) is 17.8 Å². The van der Waals surface area contributed by atoms with Crippen LogP contribution in [0.1, 0.15) is 11.5 Å². The van der Waals surface area contributed by atoms with Crippen molar-refractivity contribution < 1.29 is 8.91 Å². The first-order valence-corrected chi connectivity index (χ1v) is 6.68. The van der Waals surface area contributed by atoms with Gasteiger partial charge >= 0.3 is 0 Å². The maximum atomic E-state index is 13.7. The molecule has 22 heavy (non-hydrogen) atoms. The third kappa shape index (κ3) is 3.20. The Labute approximate surface area is 126 Å². The Hall–Kier alpha value is -2.96. The number of para-hydroxylation sites is 1. The van der Waals surface area contributed by atoms with Crippen molar-refractivity contribution in [1.29, 1.82) is 0 Å². The van der Waals surface area contributed by atoms with Gasteiger partial charge in [-0.3, -0.25) is 0 Å². The zero-order chi connectivity index (χ0) is 15.5. The first kappa shape index (κ1) is 14.0. The Kier molecular flexibility index (Phi) is 3.69. The van der Waals surface area contributed by atoms with Crippen molar-refractivity contribution in [3.63, 3.8) is 0 Å². The van der Waals surface area contributed by atoms with Crippen LogP contribution in [0.25, 0.3) is 0 Å². The SMILES string of the molecule is Cc1cc(Nc2cc(C)on2)nc(Nc2ccccc2F)n1. The number of halogens is 1. The molecular formula is C15H14FN5O. The third-order valence-corrected chi connectivity index (χ3v) is 2.86. The molecule has 0 radical (unpaired) electrons. The van der Waals surface area contributed by atoms with E-state index in [1.54, 1.807) is 37.3 Å². The predicted octanol–water partition coefficient (Wildman–Crippen LogP) is 3.71. The Balaban J connectivity index is 1.85. The number of nitrogens with zero attached hydrogens (tertiary/aromatic N) is 3. The normalized spacial score (nSPS) is 10.5. The second-order valence-electron chi connectivity index (χ2n) is 4.77. The van der Waals surface area contributed by atoms with E-state index in [0.29, 0.717) is 29.0 Å². The standard InChI is InChI=1S/C15H14FN5O/c1-9-7-13(19-14-8-10(2)22-21-14)20-15(17-9)18-12-6-4-3-5-11(12)16/h3-8H,1-2H3,(H2,17,18,19,20,21). The second-order valence-corrected chi connectivity index (χ2v) is 4.77. The minimum Gasteiger partial charge on any atom is -0.360 e. The number of hydrogen-bond acceptors (Lipinski definition) is 6.